The first kappa shape index (κ1) is 24.8. The molecule has 0 spiro atoms. The first-order chi connectivity index (χ1) is 18.7. The van der Waals surface area contributed by atoms with Crippen molar-refractivity contribution in [3.8, 4) is 11.1 Å². The monoisotopic (exact) mass is 498 g/mol. The van der Waals surface area contributed by atoms with Crippen molar-refractivity contribution in [3.05, 3.63) is 108 Å². The molecule has 0 radical (unpaired) electrons. The van der Waals surface area contributed by atoms with Gasteiger partial charge in [-0.25, -0.2) is 0 Å². The summed E-state index contributed by atoms with van der Waals surface area (Å²) in [5, 5.41) is 5.87. The van der Waals surface area contributed by atoms with Crippen molar-refractivity contribution in [1.82, 2.24) is 9.97 Å². The summed E-state index contributed by atoms with van der Waals surface area (Å²) in [6, 6.07) is 23.3. The molecular formula is C36H38N2. The number of aromatic nitrogens is 2. The second-order valence-electron chi connectivity index (χ2n) is 11.3. The summed E-state index contributed by atoms with van der Waals surface area (Å²) in [7, 11) is 0. The van der Waals surface area contributed by atoms with E-state index in [2.05, 4.69) is 84.5 Å². The van der Waals surface area contributed by atoms with Gasteiger partial charge < -0.3 is 0 Å². The molecule has 7 rings (SSSR count). The zero-order valence-corrected chi connectivity index (χ0v) is 22.8. The number of rotatable bonds is 2. The molecule has 2 nitrogen and oxygen atoms in total. The average molecular weight is 499 g/mol. The largest absolute Gasteiger partial charge is 0.262 e. The van der Waals surface area contributed by atoms with Crippen molar-refractivity contribution in [2.24, 2.45) is 5.92 Å². The van der Waals surface area contributed by atoms with Crippen LogP contribution in [0.25, 0.3) is 32.7 Å². The highest BCUT2D eigenvalue weighted by atomic mass is 14.7. The van der Waals surface area contributed by atoms with Crippen LogP contribution in [0.4, 0.5) is 0 Å². The standard InChI is InChI=1S/C32H34.C4H4N2/c1-21-18-22(2)26-16-17-28-31-25(14-9-15-27(31)23-10-5-3-6-11-23)20-29(32(28)30(26)19-21)24-12-7-4-8-13-24;1-2-6-4-3-5-1/h4,7-8,12-13,16-20,23,27H,3,5-6,9-11,14-15H2,1-2H3;1-4H. The summed E-state index contributed by atoms with van der Waals surface area (Å²) < 4.78 is 0. The molecule has 192 valence electrons. The van der Waals surface area contributed by atoms with Crippen molar-refractivity contribution in [2.75, 3.05) is 0 Å². The molecule has 1 saturated carbocycles. The summed E-state index contributed by atoms with van der Waals surface area (Å²) in [5.41, 5.74) is 8.87. The van der Waals surface area contributed by atoms with Crippen LogP contribution in [0.15, 0.2) is 85.5 Å². The number of hydrogen-bond donors (Lipinski definition) is 0. The van der Waals surface area contributed by atoms with Gasteiger partial charge in [-0.1, -0.05) is 85.5 Å². The van der Waals surface area contributed by atoms with Gasteiger partial charge in [0.25, 0.3) is 0 Å². The third-order valence-corrected chi connectivity index (χ3v) is 8.82. The van der Waals surface area contributed by atoms with E-state index in [0.717, 1.165) is 11.8 Å². The zero-order valence-electron chi connectivity index (χ0n) is 22.8. The molecule has 0 bridgehead atoms. The lowest BCUT2D eigenvalue weighted by atomic mass is 9.68. The zero-order chi connectivity index (χ0) is 25.9. The molecule has 38 heavy (non-hydrogen) atoms. The molecule has 1 fully saturated rings. The van der Waals surface area contributed by atoms with Crippen LogP contribution in [-0.4, -0.2) is 9.97 Å². The van der Waals surface area contributed by atoms with Crippen LogP contribution in [0.1, 0.15) is 73.1 Å². The molecule has 0 amide bonds. The van der Waals surface area contributed by atoms with Gasteiger partial charge in [0.15, 0.2) is 0 Å². The molecule has 2 aliphatic rings. The third-order valence-electron chi connectivity index (χ3n) is 8.82. The van der Waals surface area contributed by atoms with Gasteiger partial charge in [-0.15, -0.1) is 0 Å². The molecule has 4 aromatic carbocycles. The fraction of sp³-hybridized carbons (Fsp3) is 0.333. The van der Waals surface area contributed by atoms with Crippen molar-refractivity contribution in [3.63, 3.8) is 0 Å². The predicted octanol–water partition coefficient (Wildman–Crippen LogP) is 9.75. The van der Waals surface area contributed by atoms with E-state index < -0.39 is 0 Å². The maximum Gasteiger partial charge on any atom is 0.0451 e. The van der Waals surface area contributed by atoms with Gasteiger partial charge in [0.1, 0.15) is 0 Å². The number of nitrogens with zero attached hydrogens (tertiary/aromatic N) is 2. The molecule has 0 saturated heterocycles. The lowest BCUT2D eigenvalue weighted by molar-refractivity contribution is 0.285. The molecule has 1 heterocycles. The van der Waals surface area contributed by atoms with Crippen LogP contribution in [0.3, 0.4) is 0 Å². The third kappa shape index (κ3) is 4.85. The van der Waals surface area contributed by atoms with Gasteiger partial charge in [0, 0.05) is 24.8 Å². The minimum Gasteiger partial charge on any atom is -0.262 e. The van der Waals surface area contributed by atoms with Crippen molar-refractivity contribution in [2.45, 2.75) is 71.1 Å². The van der Waals surface area contributed by atoms with E-state index in [1.165, 1.54) is 95.2 Å². The van der Waals surface area contributed by atoms with Crippen molar-refractivity contribution < 1.29 is 0 Å². The second-order valence-corrected chi connectivity index (χ2v) is 11.3. The maximum absolute atomic E-state index is 3.72. The van der Waals surface area contributed by atoms with Gasteiger partial charge in [0.05, 0.1) is 0 Å². The van der Waals surface area contributed by atoms with E-state index in [0.29, 0.717) is 0 Å². The Morgan fingerprint density at radius 3 is 2.08 bits per heavy atom. The number of hydrogen-bond acceptors (Lipinski definition) is 2. The first-order valence-corrected chi connectivity index (χ1v) is 14.5. The Kier molecular flexibility index (Phi) is 7.22. The van der Waals surface area contributed by atoms with E-state index in [1.54, 1.807) is 35.9 Å². The minimum absolute atomic E-state index is 0.745. The van der Waals surface area contributed by atoms with Gasteiger partial charge >= 0.3 is 0 Å². The average Bonchev–Trinajstić information content (AvgIpc) is 2.98. The van der Waals surface area contributed by atoms with E-state index in [4.69, 9.17) is 0 Å². The SMILES string of the molecule is Cc1cc(C)c2ccc3c4c(cc(-c5ccccc5)c3c2c1)CCCC4C1CCCCC1.c1cnccn1. The maximum atomic E-state index is 3.72. The number of benzene rings is 4. The van der Waals surface area contributed by atoms with E-state index >= 15 is 0 Å². The Morgan fingerprint density at radius 2 is 1.37 bits per heavy atom. The summed E-state index contributed by atoms with van der Waals surface area (Å²) in [6.07, 6.45) is 17.7. The Labute approximate surface area is 227 Å². The predicted molar refractivity (Wildman–Crippen MR) is 161 cm³/mol. The summed E-state index contributed by atoms with van der Waals surface area (Å²) in [5.74, 6) is 1.62. The van der Waals surface area contributed by atoms with E-state index in [9.17, 15) is 0 Å². The summed E-state index contributed by atoms with van der Waals surface area (Å²) in [6.45, 7) is 4.52. The highest BCUT2D eigenvalue weighted by molar-refractivity contribution is 6.16. The van der Waals surface area contributed by atoms with Gasteiger partial charge in [-0.3, -0.25) is 9.97 Å². The highest BCUT2D eigenvalue weighted by Gasteiger charge is 2.31. The molecule has 0 N–H and O–H groups in total. The van der Waals surface area contributed by atoms with Crippen LogP contribution in [-0.2, 0) is 6.42 Å². The molecule has 1 atom stereocenters. The van der Waals surface area contributed by atoms with Crippen LogP contribution in [0.2, 0.25) is 0 Å². The fourth-order valence-electron chi connectivity index (χ4n) is 7.22. The van der Waals surface area contributed by atoms with Crippen LogP contribution < -0.4 is 0 Å². The van der Waals surface area contributed by atoms with Crippen molar-refractivity contribution >= 4 is 21.5 Å². The quantitative estimate of drug-likeness (QED) is 0.226. The Bertz CT molecular complexity index is 1510. The van der Waals surface area contributed by atoms with Crippen LogP contribution in [0.5, 0.6) is 0 Å². The fourth-order valence-corrected chi connectivity index (χ4v) is 7.22. The van der Waals surface area contributed by atoms with Crippen LogP contribution in [0, 0.1) is 19.8 Å². The highest BCUT2D eigenvalue weighted by Crippen LogP contribution is 2.49. The van der Waals surface area contributed by atoms with E-state index in [1.807, 2.05) is 0 Å². The van der Waals surface area contributed by atoms with Gasteiger partial charge in [-0.05, 0) is 107 Å². The molecule has 0 aliphatic heterocycles. The molecular weight excluding hydrogens is 460 g/mol. The molecule has 5 aromatic rings. The summed E-state index contributed by atoms with van der Waals surface area (Å²) >= 11 is 0. The number of fused-ring (bicyclic) bond motifs is 5. The van der Waals surface area contributed by atoms with Gasteiger partial charge in [0.2, 0.25) is 0 Å². The molecule has 1 unspecified atom stereocenters. The topological polar surface area (TPSA) is 25.8 Å². The lowest BCUT2D eigenvalue weighted by Gasteiger charge is -2.36. The van der Waals surface area contributed by atoms with E-state index in [-0.39, 0.29) is 0 Å². The Balaban J connectivity index is 0.000000390. The van der Waals surface area contributed by atoms with Crippen LogP contribution >= 0.6 is 0 Å². The molecule has 1 aromatic heterocycles. The Morgan fingerprint density at radius 1 is 0.658 bits per heavy atom. The normalized spacial score (nSPS) is 17.6. The smallest absolute Gasteiger partial charge is 0.0451 e. The number of aryl methyl sites for hydroxylation is 3. The molecule has 2 heteroatoms. The minimum atomic E-state index is 0.745. The first-order valence-electron chi connectivity index (χ1n) is 14.5. The summed E-state index contributed by atoms with van der Waals surface area (Å²) in [4.78, 5) is 7.44. The lowest BCUT2D eigenvalue weighted by Crippen LogP contribution is -2.21. The second kappa shape index (κ2) is 11.1. The molecule has 2 aliphatic carbocycles. The van der Waals surface area contributed by atoms with Crippen molar-refractivity contribution in [1.29, 1.82) is 0 Å². The Hall–Kier alpha value is -3.52. The van der Waals surface area contributed by atoms with Gasteiger partial charge in [-0.2, -0.15) is 0 Å².